The summed E-state index contributed by atoms with van der Waals surface area (Å²) in [6, 6.07) is 14.4. The number of carbonyl (C=O) groups excluding carboxylic acids is 1. The van der Waals surface area contributed by atoms with E-state index in [0.29, 0.717) is 49.1 Å². The molecule has 1 heterocycles. The van der Waals surface area contributed by atoms with Crippen LogP contribution in [0.3, 0.4) is 0 Å². The fourth-order valence-electron chi connectivity index (χ4n) is 3.48. The molecule has 0 unspecified atom stereocenters. The van der Waals surface area contributed by atoms with Crippen LogP contribution in [-0.4, -0.2) is 28.4 Å². The standard InChI is InChI=1S/C26H20Br3FN4O3/c1-2-3-23-33-22-9-4-16(27)12-19(22)26(36)34(23)31-13-15-10-20(28)25(21(29)11-15)37-14-24(35)32-18-7-5-17(30)6-8-18/h4-13H,2-3,14H2,1H3,(H,32,35). The first kappa shape index (κ1) is 27.2. The van der Waals surface area contributed by atoms with Crippen molar-refractivity contribution in [1.29, 1.82) is 0 Å². The summed E-state index contributed by atoms with van der Waals surface area (Å²) in [6.45, 7) is 1.76. The number of halogens is 4. The zero-order chi connectivity index (χ0) is 26.5. The summed E-state index contributed by atoms with van der Waals surface area (Å²) < 4.78 is 22.0. The van der Waals surface area contributed by atoms with Gasteiger partial charge in [-0.1, -0.05) is 22.9 Å². The van der Waals surface area contributed by atoms with Crippen molar-refractivity contribution in [3.8, 4) is 5.75 Å². The number of ether oxygens (including phenoxy) is 1. The Morgan fingerprint density at radius 1 is 1.11 bits per heavy atom. The lowest BCUT2D eigenvalue weighted by Crippen LogP contribution is -2.22. The molecule has 0 atom stereocenters. The van der Waals surface area contributed by atoms with Crippen LogP contribution in [0, 0.1) is 5.82 Å². The summed E-state index contributed by atoms with van der Waals surface area (Å²) >= 11 is 10.3. The number of hydrogen-bond acceptors (Lipinski definition) is 5. The van der Waals surface area contributed by atoms with Gasteiger partial charge in [0, 0.05) is 16.6 Å². The van der Waals surface area contributed by atoms with Crippen molar-refractivity contribution in [2.24, 2.45) is 5.10 Å². The largest absolute Gasteiger partial charge is 0.481 e. The summed E-state index contributed by atoms with van der Waals surface area (Å²) in [4.78, 5) is 30.0. The number of nitrogens with one attached hydrogen (secondary N) is 1. The first-order chi connectivity index (χ1) is 17.7. The number of rotatable bonds is 8. The molecule has 3 aromatic carbocycles. The number of aromatic nitrogens is 2. The quantitative estimate of drug-likeness (QED) is 0.209. The van der Waals surface area contributed by atoms with Gasteiger partial charge in [0.1, 0.15) is 17.4 Å². The third kappa shape index (κ3) is 6.71. The predicted molar refractivity (Wildman–Crippen MR) is 153 cm³/mol. The van der Waals surface area contributed by atoms with E-state index in [1.165, 1.54) is 28.9 Å². The van der Waals surface area contributed by atoms with Crippen molar-refractivity contribution in [3.63, 3.8) is 0 Å². The monoisotopic (exact) mass is 692 g/mol. The van der Waals surface area contributed by atoms with Gasteiger partial charge in [-0.3, -0.25) is 9.59 Å². The number of fused-ring (bicyclic) bond motifs is 1. The normalized spacial score (nSPS) is 11.3. The second kappa shape index (κ2) is 12.1. The summed E-state index contributed by atoms with van der Waals surface area (Å²) in [5.41, 5.74) is 1.52. The summed E-state index contributed by atoms with van der Waals surface area (Å²) in [6.07, 6.45) is 2.97. The number of carbonyl (C=O) groups is 1. The molecule has 4 rings (SSSR count). The van der Waals surface area contributed by atoms with Crippen molar-refractivity contribution in [2.45, 2.75) is 19.8 Å². The Bertz CT molecular complexity index is 1530. The number of aryl methyl sites for hydroxylation is 1. The summed E-state index contributed by atoms with van der Waals surface area (Å²) in [5, 5.41) is 7.55. The molecule has 11 heteroatoms. The molecular formula is C26H20Br3FN4O3. The summed E-state index contributed by atoms with van der Waals surface area (Å²) in [7, 11) is 0. The molecule has 0 aliphatic carbocycles. The number of benzene rings is 3. The van der Waals surface area contributed by atoms with Crippen LogP contribution in [-0.2, 0) is 11.2 Å². The molecule has 7 nitrogen and oxygen atoms in total. The van der Waals surface area contributed by atoms with E-state index in [9.17, 15) is 14.0 Å². The molecule has 1 N–H and O–H groups in total. The number of hydrogen-bond donors (Lipinski definition) is 1. The highest BCUT2D eigenvalue weighted by atomic mass is 79.9. The van der Waals surface area contributed by atoms with Crippen LogP contribution < -0.4 is 15.6 Å². The minimum absolute atomic E-state index is 0.253. The smallest absolute Gasteiger partial charge is 0.282 e. The van der Waals surface area contributed by atoms with Crippen molar-refractivity contribution in [2.75, 3.05) is 11.9 Å². The van der Waals surface area contributed by atoms with Crippen LogP contribution in [0.15, 0.2) is 77.9 Å². The highest BCUT2D eigenvalue weighted by Crippen LogP contribution is 2.34. The molecule has 0 saturated carbocycles. The zero-order valence-electron chi connectivity index (χ0n) is 19.5. The van der Waals surface area contributed by atoms with Crippen LogP contribution in [0.1, 0.15) is 24.7 Å². The van der Waals surface area contributed by atoms with Crippen molar-refractivity contribution in [1.82, 2.24) is 9.66 Å². The first-order valence-corrected chi connectivity index (χ1v) is 13.6. The van der Waals surface area contributed by atoms with E-state index < -0.39 is 5.91 Å². The molecule has 37 heavy (non-hydrogen) atoms. The molecule has 0 bridgehead atoms. The molecule has 190 valence electrons. The van der Waals surface area contributed by atoms with E-state index >= 15 is 0 Å². The minimum atomic E-state index is -0.394. The molecular weight excluding hydrogens is 675 g/mol. The fourth-order valence-corrected chi connectivity index (χ4v) is 5.30. The summed E-state index contributed by atoms with van der Waals surface area (Å²) in [5.74, 6) is 0.216. The van der Waals surface area contributed by atoms with Gasteiger partial charge in [0.05, 0.1) is 26.1 Å². The Hall–Kier alpha value is -2.89. The predicted octanol–water partition coefficient (Wildman–Crippen LogP) is 6.68. The molecule has 0 spiro atoms. The molecule has 0 radical (unpaired) electrons. The van der Waals surface area contributed by atoms with Gasteiger partial charge in [-0.15, -0.1) is 0 Å². The van der Waals surface area contributed by atoms with Gasteiger partial charge in [-0.05, 0) is 98.4 Å². The Morgan fingerprint density at radius 3 is 2.49 bits per heavy atom. The van der Waals surface area contributed by atoms with Gasteiger partial charge in [-0.25, -0.2) is 9.37 Å². The maximum Gasteiger partial charge on any atom is 0.282 e. The third-order valence-corrected chi connectivity index (χ3v) is 6.84. The van der Waals surface area contributed by atoms with Gasteiger partial charge >= 0.3 is 0 Å². The van der Waals surface area contributed by atoms with Crippen LogP contribution in [0.2, 0.25) is 0 Å². The fraction of sp³-hybridized carbons (Fsp3) is 0.154. The Kier molecular flexibility index (Phi) is 8.88. The third-order valence-electron chi connectivity index (χ3n) is 5.17. The highest BCUT2D eigenvalue weighted by molar-refractivity contribution is 9.11. The molecule has 0 saturated heterocycles. The zero-order valence-corrected chi connectivity index (χ0v) is 24.2. The van der Waals surface area contributed by atoms with Crippen molar-refractivity contribution >= 4 is 76.5 Å². The maximum atomic E-state index is 13.2. The molecule has 0 aliphatic rings. The molecule has 0 aliphatic heterocycles. The Morgan fingerprint density at radius 2 is 1.81 bits per heavy atom. The highest BCUT2D eigenvalue weighted by Gasteiger charge is 2.13. The Balaban J connectivity index is 1.54. The van der Waals surface area contributed by atoms with E-state index in [0.717, 1.165) is 10.9 Å². The van der Waals surface area contributed by atoms with E-state index in [-0.39, 0.29) is 18.0 Å². The van der Waals surface area contributed by atoms with Crippen LogP contribution in [0.4, 0.5) is 10.1 Å². The maximum absolute atomic E-state index is 13.2. The number of amides is 1. The molecule has 1 amide bonds. The molecule has 0 fully saturated rings. The molecule has 1 aromatic heterocycles. The van der Waals surface area contributed by atoms with Gasteiger partial charge in [0.25, 0.3) is 11.5 Å². The topological polar surface area (TPSA) is 85.6 Å². The van der Waals surface area contributed by atoms with Crippen LogP contribution in [0.5, 0.6) is 5.75 Å². The average Bonchev–Trinajstić information content (AvgIpc) is 2.85. The van der Waals surface area contributed by atoms with E-state index in [4.69, 9.17) is 4.74 Å². The second-order valence-electron chi connectivity index (χ2n) is 7.96. The number of anilines is 1. The lowest BCUT2D eigenvalue weighted by Gasteiger charge is -2.12. The SMILES string of the molecule is CCCc1nc2ccc(Br)cc2c(=O)n1N=Cc1cc(Br)c(OCC(=O)Nc2ccc(F)cc2)c(Br)c1. The van der Waals surface area contributed by atoms with Gasteiger partial charge in [-0.2, -0.15) is 9.78 Å². The lowest BCUT2D eigenvalue weighted by atomic mass is 10.2. The van der Waals surface area contributed by atoms with Gasteiger partial charge < -0.3 is 10.1 Å². The van der Waals surface area contributed by atoms with Crippen molar-refractivity contribution < 1.29 is 13.9 Å². The van der Waals surface area contributed by atoms with E-state index in [1.54, 1.807) is 30.5 Å². The number of nitrogens with zero attached hydrogens (tertiary/aromatic N) is 3. The van der Waals surface area contributed by atoms with Gasteiger partial charge in [0.15, 0.2) is 6.61 Å². The van der Waals surface area contributed by atoms with Gasteiger partial charge in [0.2, 0.25) is 0 Å². The van der Waals surface area contributed by atoms with E-state index in [1.807, 2.05) is 13.0 Å². The minimum Gasteiger partial charge on any atom is -0.481 e. The second-order valence-corrected chi connectivity index (χ2v) is 10.6. The molecule has 4 aromatic rings. The average molecular weight is 695 g/mol. The first-order valence-electron chi connectivity index (χ1n) is 11.2. The van der Waals surface area contributed by atoms with Crippen LogP contribution >= 0.6 is 47.8 Å². The van der Waals surface area contributed by atoms with Crippen molar-refractivity contribution in [3.05, 3.63) is 95.6 Å². The van der Waals surface area contributed by atoms with E-state index in [2.05, 4.69) is 63.2 Å². The Labute approximate surface area is 237 Å². The lowest BCUT2D eigenvalue weighted by molar-refractivity contribution is -0.118. The van der Waals surface area contributed by atoms with Crippen LogP contribution in [0.25, 0.3) is 10.9 Å².